The lowest BCUT2D eigenvalue weighted by Crippen LogP contribution is -2.27. The van der Waals surface area contributed by atoms with Crippen molar-refractivity contribution in [1.29, 1.82) is 0 Å². The molecule has 1 fully saturated rings. The number of carbonyl (C=O) groups excluding carboxylic acids is 1. The van der Waals surface area contributed by atoms with E-state index < -0.39 is 0 Å². The molecule has 1 amide bonds. The zero-order valence-electron chi connectivity index (χ0n) is 10.7. The number of nitrogens with one attached hydrogen (secondary N) is 1. The highest BCUT2D eigenvalue weighted by atomic mass is 32.2. The van der Waals surface area contributed by atoms with Crippen LogP contribution in [0.25, 0.3) is 0 Å². The highest BCUT2D eigenvalue weighted by Crippen LogP contribution is 2.23. The molecule has 7 heteroatoms. The van der Waals surface area contributed by atoms with Crippen molar-refractivity contribution < 1.29 is 4.79 Å². The van der Waals surface area contributed by atoms with Crippen LogP contribution in [-0.2, 0) is 11.3 Å². The summed E-state index contributed by atoms with van der Waals surface area (Å²) in [5.41, 5.74) is 5.65. The molecule has 100 valence electrons. The first-order valence-corrected chi connectivity index (χ1v) is 7.16. The van der Waals surface area contributed by atoms with Gasteiger partial charge in [0.1, 0.15) is 5.82 Å². The second kappa shape index (κ2) is 5.71. The Labute approximate surface area is 111 Å². The van der Waals surface area contributed by atoms with E-state index in [1.807, 2.05) is 0 Å². The number of nitrogens with two attached hydrogens (primary N) is 1. The molecule has 18 heavy (non-hydrogen) atoms. The van der Waals surface area contributed by atoms with Crippen LogP contribution < -0.4 is 11.1 Å². The summed E-state index contributed by atoms with van der Waals surface area (Å²) in [4.78, 5) is 11.1. The summed E-state index contributed by atoms with van der Waals surface area (Å²) in [5.74, 6) is 1.79. The number of rotatable bonds is 5. The van der Waals surface area contributed by atoms with E-state index in [9.17, 15) is 4.79 Å². The fourth-order valence-corrected chi connectivity index (χ4v) is 3.20. The predicted octanol–water partition coefficient (Wildman–Crippen LogP) is 0.688. The van der Waals surface area contributed by atoms with Crippen molar-refractivity contribution in [2.45, 2.75) is 50.5 Å². The van der Waals surface area contributed by atoms with Crippen molar-refractivity contribution in [2.75, 3.05) is 5.75 Å². The average Bonchev–Trinajstić information content (AvgIpc) is 2.92. The van der Waals surface area contributed by atoms with Gasteiger partial charge in [-0.25, -0.2) is 0 Å². The first kappa shape index (κ1) is 13.4. The first-order valence-electron chi connectivity index (χ1n) is 6.17. The minimum atomic E-state index is 0.147. The van der Waals surface area contributed by atoms with Gasteiger partial charge in [0.25, 0.3) is 0 Å². The van der Waals surface area contributed by atoms with Gasteiger partial charge < -0.3 is 15.6 Å². The first-order chi connectivity index (χ1) is 8.61. The van der Waals surface area contributed by atoms with Crippen LogP contribution >= 0.6 is 11.8 Å². The van der Waals surface area contributed by atoms with Gasteiger partial charge in [-0.05, 0) is 20.3 Å². The van der Waals surface area contributed by atoms with Crippen LogP contribution in [0.3, 0.4) is 0 Å². The zero-order chi connectivity index (χ0) is 13.1. The number of carbonyl (C=O) groups is 1. The van der Waals surface area contributed by atoms with Crippen molar-refractivity contribution in [3.8, 4) is 0 Å². The molecule has 1 aromatic rings. The van der Waals surface area contributed by atoms with Crippen molar-refractivity contribution in [2.24, 2.45) is 5.73 Å². The molecule has 0 aromatic carbocycles. The Bertz CT molecular complexity index is 431. The van der Waals surface area contributed by atoms with Gasteiger partial charge in [-0.3, -0.25) is 4.79 Å². The second-order valence-electron chi connectivity index (χ2n) is 4.68. The van der Waals surface area contributed by atoms with E-state index >= 15 is 0 Å². The second-order valence-corrected chi connectivity index (χ2v) is 5.67. The van der Waals surface area contributed by atoms with Crippen LogP contribution in [0, 0.1) is 0 Å². The van der Waals surface area contributed by atoms with E-state index in [0.717, 1.165) is 23.2 Å². The van der Waals surface area contributed by atoms with Crippen molar-refractivity contribution in [3.63, 3.8) is 0 Å². The van der Waals surface area contributed by atoms with Gasteiger partial charge in [0.05, 0.1) is 6.54 Å². The maximum atomic E-state index is 11.1. The summed E-state index contributed by atoms with van der Waals surface area (Å²) in [6.45, 7) is 4.57. The molecule has 1 unspecified atom stereocenters. The fraction of sp³-hybridized carbons (Fsp3) is 0.727. The van der Waals surface area contributed by atoms with Gasteiger partial charge in [-0.15, -0.1) is 10.2 Å². The van der Waals surface area contributed by atoms with Crippen molar-refractivity contribution in [1.82, 2.24) is 20.1 Å². The predicted molar refractivity (Wildman–Crippen MR) is 70.2 cm³/mol. The molecule has 0 bridgehead atoms. The Balaban J connectivity index is 2.00. The fourth-order valence-electron chi connectivity index (χ4n) is 2.04. The van der Waals surface area contributed by atoms with Crippen LogP contribution in [0.5, 0.6) is 0 Å². The van der Waals surface area contributed by atoms with E-state index in [-0.39, 0.29) is 11.9 Å². The number of aromatic nitrogens is 3. The largest absolute Gasteiger partial charge is 0.353 e. The SMILES string of the molecule is CC(C)n1c(CN)nnc1SCC1CCC(=O)N1. The maximum Gasteiger partial charge on any atom is 0.220 e. The smallest absolute Gasteiger partial charge is 0.220 e. The molecule has 2 rings (SSSR count). The lowest BCUT2D eigenvalue weighted by Gasteiger charge is -2.14. The Morgan fingerprint density at radius 2 is 2.33 bits per heavy atom. The molecule has 0 radical (unpaired) electrons. The molecule has 2 heterocycles. The lowest BCUT2D eigenvalue weighted by molar-refractivity contribution is -0.119. The van der Waals surface area contributed by atoms with Crippen LogP contribution in [0.2, 0.25) is 0 Å². The Hall–Kier alpha value is -1.08. The van der Waals surface area contributed by atoms with E-state index in [4.69, 9.17) is 5.73 Å². The zero-order valence-corrected chi connectivity index (χ0v) is 11.5. The van der Waals surface area contributed by atoms with Crippen LogP contribution in [0.1, 0.15) is 38.6 Å². The van der Waals surface area contributed by atoms with Crippen LogP contribution in [0.4, 0.5) is 0 Å². The lowest BCUT2D eigenvalue weighted by atomic mass is 10.2. The molecule has 0 saturated carbocycles. The third-order valence-corrected chi connectivity index (χ3v) is 4.04. The highest BCUT2D eigenvalue weighted by molar-refractivity contribution is 7.99. The monoisotopic (exact) mass is 269 g/mol. The third-order valence-electron chi connectivity index (χ3n) is 2.93. The highest BCUT2D eigenvalue weighted by Gasteiger charge is 2.22. The number of nitrogens with zero attached hydrogens (tertiary/aromatic N) is 3. The number of thioether (sulfide) groups is 1. The van der Waals surface area contributed by atoms with Crippen LogP contribution in [0.15, 0.2) is 5.16 Å². The van der Waals surface area contributed by atoms with Crippen molar-refractivity contribution in [3.05, 3.63) is 5.82 Å². The number of amides is 1. The minimum absolute atomic E-state index is 0.147. The molecule has 1 saturated heterocycles. The maximum absolute atomic E-state index is 11.1. The molecule has 1 aliphatic rings. The van der Waals surface area contributed by atoms with E-state index in [0.29, 0.717) is 19.0 Å². The molecular weight excluding hydrogens is 250 g/mol. The molecule has 0 spiro atoms. The van der Waals surface area contributed by atoms with Gasteiger partial charge in [-0.2, -0.15) is 0 Å². The standard InChI is InChI=1S/C11H19N5OS/c1-7(2)16-9(5-12)14-15-11(16)18-6-8-3-4-10(17)13-8/h7-8H,3-6,12H2,1-2H3,(H,13,17). The molecule has 1 aliphatic heterocycles. The molecule has 3 N–H and O–H groups in total. The molecular formula is C11H19N5OS. The molecule has 1 atom stereocenters. The Morgan fingerprint density at radius 1 is 1.56 bits per heavy atom. The Kier molecular flexibility index (Phi) is 4.23. The van der Waals surface area contributed by atoms with Gasteiger partial charge in [0.2, 0.25) is 5.91 Å². The quantitative estimate of drug-likeness (QED) is 0.768. The van der Waals surface area contributed by atoms with Crippen molar-refractivity contribution >= 4 is 17.7 Å². The third kappa shape index (κ3) is 2.84. The van der Waals surface area contributed by atoms with Gasteiger partial charge in [0, 0.05) is 24.3 Å². The topological polar surface area (TPSA) is 85.8 Å². The van der Waals surface area contributed by atoms with Crippen LogP contribution in [-0.4, -0.2) is 32.5 Å². The number of hydrogen-bond donors (Lipinski definition) is 2. The summed E-state index contributed by atoms with van der Waals surface area (Å²) >= 11 is 1.63. The average molecular weight is 269 g/mol. The van der Waals surface area contributed by atoms with E-state index in [1.165, 1.54) is 0 Å². The minimum Gasteiger partial charge on any atom is -0.353 e. The molecule has 6 nitrogen and oxygen atoms in total. The molecule has 1 aromatic heterocycles. The number of hydrogen-bond acceptors (Lipinski definition) is 5. The summed E-state index contributed by atoms with van der Waals surface area (Å²) in [5, 5.41) is 12.1. The molecule has 0 aliphatic carbocycles. The van der Waals surface area contributed by atoms with Gasteiger partial charge in [-0.1, -0.05) is 11.8 Å². The summed E-state index contributed by atoms with van der Waals surface area (Å²) < 4.78 is 2.06. The summed E-state index contributed by atoms with van der Waals surface area (Å²) in [7, 11) is 0. The Morgan fingerprint density at radius 3 is 2.89 bits per heavy atom. The normalized spacial score (nSPS) is 19.6. The van der Waals surface area contributed by atoms with E-state index in [1.54, 1.807) is 11.8 Å². The van der Waals surface area contributed by atoms with Gasteiger partial charge in [0.15, 0.2) is 5.16 Å². The van der Waals surface area contributed by atoms with E-state index in [2.05, 4.69) is 33.9 Å². The van der Waals surface area contributed by atoms with Gasteiger partial charge >= 0.3 is 0 Å². The summed E-state index contributed by atoms with van der Waals surface area (Å²) in [6, 6.07) is 0.542. The summed E-state index contributed by atoms with van der Waals surface area (Å²) in [6.07, 6.45) is 1.54.